The van der Waals surface area contributed by atoms with Crippen molar-refractivity contribution in [1.82, 2.24) is 10.2 Å². The molecule has 0 fully saturated rings. The standard InChI is InChI=1S/C13H13ClFN3/c1-7-6-10(15)4-5-11(7)16-13-9(3)8(2)12(14)17-18-13/h4-6H,1-3H3,(H,16,18). The Hall–Kier alpha value is -1.68. The first-order valence-electron chi connectivity index (χ1n) is 5.51. The van der Waals surface area contributed by atoms with Crippen LogP contribution in [-0.4, -0.2) is 10.2 Å². The highest BCUT2D eigenvalue weighted by molar-refractivity contribution is 6.30. The molecule has 2 rings (SSSR count). The van der Waals surface area contributed by atoms with Gasteiger partial charge in [0.1, 0.15) is 5.82 Å². The molecule has 0 bridgehead atoms. The SMILES string of the molecule is Cc1cc(F)ccc1Nc1nnc(Cl)c(C)c1C. The molecule has 0 aliphatic rings. The van der Waals surface area contributed by atoms with Gasteiger partial charge in [-0.2, -0.15) is 0 Å². The normalized spacial score (nSPS) is 10.5. The maximum atomic E-state index is 13.0. The summed E-state index contributed by atoms with van der Waals surface area (Å²) in [5, 5.41) is 11.4. The molecular formula is C13H13ClFN3. The molecule has 1 aromatic heterocycles. The van der Waals surface area contributed by atoms with Crippen LogP contribution in [0.5, 0.6) is 0 Å². The smallest absolute Gasteiger partial charge is 0.156 e. The number of nitrogens with zero attached hydrogens (tertiary/aromatic N) is 2. The summed E-state index contributed by atoms with van der Waals surface area (Å²) in [5.41, 5.74) is 3.42. The van der Waals surface area contributed by atoms with Crippen molar-refractivity contribution >= 4 is 23.1 Å². The Morgan fingerprint density at radius 1 is 1.11 bits per heavy atom. The molecule has 1 heterocycles. The van der Waals surface area contributed by atoms with Crippen LogP contribution >= 0.6 is 11.6 Å². The van der Waals surface area contributed by atoms with E-state index in [4.69, 9.17) is 11.6 Å². The Labute approximate surface area is 110 Å². The fourth-order valence-electron chi connectivity index (χ4n) is 1.59. The molecule has 0 aliphatic carbocycles. The molecule has 0 unspecified atom stereocenters. The summed E-state index contributed by atoms with van der Waals surface area (Å²) in [6.45, 7) is 5.63. The molecule has 0 spiro atoms. The summed E-state index contributed by atoms with van der Waals surface area (Å²) in [5.74, 6) is 0.375. The maximum absolute atomic E-state index is 13.0. The van der Waals surface area contributed by atoms with Crippen molar-refractivity contribution in [2.45, 2.75) is 20.8 Å². The average molecular weight is 266 g/mol. The number of anilines is 2. The van der Waals surface area contributed by atoms with Gasteiger partial charge in [0.05, 0.1) is 0 Å². The zero-order valence-electron chi connectivity index (χ0n) is 10.4. The second-order valence-electron chi connectivity index (χ2n) is 4.17. The van der Waals surface area contributed by atoms with Crippen LogP contribution in [0, 0.1) is 26.6 Å². The Morgan fingerprint density at radius 2 is 1.83 bits per heavy atom. The van der Waals surface area contributed by atoms with Crippen molar-refractivity contribution < 1.29 is 4.39 Å². The van der Waals surface area contributed by atoms with E-state index in [9.17, 15) is 4.39 Å². The van der Waals surface area contributed by atoms with Crippen LogP contribution in [-0.2, 0) is 0 Å². The largest absolute Gasteiger partial charge is 0.338 e. The predicted octanol–water partition coefficient (Wildman–Crippen LogP) is 3.94. The lowest BCUT2D eigenvalue weighted by Crippen LogP contribution is -2.02. The van der Waals surface area contributed by atoms with Crippen molar-refractivity contribution in [2.24, 2.45) is 0 Å². The molecule has 1 N–H and O–H groups in total. The molecule has 94 valence electrons. The monoisotopic (exact) mass is 265 g/mol. The highest BCUT2D eigenvalue weighted by atomic mass is 35.5. The van der Waals surface area contributed by atoms with Gasteiger partial charge in [0, 0.05) is 5.69 Å². The van der Waals surface area contributed by atoms with Crippen LogP contribution in [0.25, 0.3) is 0 Å². The summed E-state index contributed by atoms with van der Waals surface area (Å²) >= 11 is 5.89. The Balaban J connectivity index is 2.37. The van der Waals surface area contributed by atoms with E-state index < -0.39 is 0 Å². The van der Waals surface area contributed by atoms with E-state index in [1.54, 1.807) is 6.07 Å². The fraction of sp³-hybridized carbons (Fsp3) is 0.231. The number of nitrogens with one attached hydrogen (secondary N) is 1. The van der Waals surface area contributed by atoms with Crippen LogP contribution in [0.3, 0.4) is 0 Å². The molecule has 1 aromatic carbocycles. The summed E-state index contributed by atoms with van der Waals surface area (Å²) in [4.78, 5) is 0. The highest BCUT2D eigenvalue weighted by Crippen LogP contribution is 2.25. The van der Waals surface area contributed by atoms with Gasteiger partial charge >= 0.3 is 0 Å². The van der Waals surface area contributed by atoms with Crippen LogP contribution in [0.1, 0.15) is 16.7 Å². The second kappa shape index (κ2) is 4.90. The third-order valence-corrected chi connectivity index (χ3v) is 3.27. The summed E-state index contributed by atoms with van der Waals surface area (Å²) in [7, 11) is 0. The number of halogens is 2. The first-order chi connectivity index (χ1) is 8.49. The van der Waals surface area contributed by atoms with Crippen molar-refractivity contribution in [3.05, 3.63) is 45.9 Å². The third-order valence-electron chi connectivity index (χ3n) is 2.91. The molecule has 0 aliphatic heterocycles. The molecule has 2 aromatic rings. The van der Waals surface area contributed by atoms with E-state index in [0.717, 1.165) is 22.4 Å². The Morgan fingerprint density at radius 3 is 2.50 bits per heavy atom. The lowest BCUT2D eigenvalue weighted by Gasteiger charge is -2.12. The van der Waals surface area contributed by atoms with Gasteiger partial charge in [0.15, 0.2) is 11.0 Å². The zero-order valence-corrected chi connectivity index (χ0v) is 11.1. The first-order valence-corrected chi connectivity index (χ1v) is 5.89. The first kappa shape index (κ1) is 12.8. The van der Waals surface area contributed by atoms with Gasteiger partial charge in [-0.05, 0) is 55.7 Å². The number of hydrogen-bond donors (Lipinski definition) is 1. The molecule has 0 saturated heterocycles. The van der Waals surface area contributed by atoms with Gasteiger partial charge < -0.3 is 5.32 Å². The molecule has 0 atom stereocenters. The van der Waals surface area contributed by atoms with Crippen molar-refractivity contribution in [2.75, 3.05) is 5.32 Å². The molecule has 5 heteroatoms. The molecule has 18 heavy (non-hydrogen) atoms. The van der Waals surface area contributed by atoms with Crippen molar-refractivity contribution in [1.29, 1.82) is 0 Å². The predicted molar refractivity (Wildman–Crippen MR) is 70.9 cm³/mol. The van der Waals surface area contributed by atoms with Crippen LogP contribution in [0.4, 0.5) is 15.9 Å². The topological polar surface area (TPSA) is 37.8 Å². The van der Waals surface area contributed by atoms with E-state index in [2.05, 4.69) is 15.5 Å². The minimum atomic E-state index is -0.256. The van der Waals surface area contributed by atoms with E-state index >= 15 is 0 Å². The number of rotatable bonds is 2. The van der Waals surface area contributed by atoms with E-state index in [-0.39, 0.29) is 5.82 Å². The maximum Gasteiger partial charge on any atom is 0.156 e. The highest BCUT2D eigenvalue weighted by Gasteiger charge is 2.09. The van der Waals surface area contributed by atoms with Gasteiger partial charge in [0.2, 0.25) is 0 Å². The number of aryl methyl sites for hydroxylation is 1. The third kappa shape index (κ3) is 2.43. The minimum Gasteiger partial charge on any atom is -0.338 e. The molecule has 0 radical (unpaired) electrons. The van der Waals surface area contributed by atoms with E-state index in [1.807, 2.05) is 20.8 Å². The average Bonchev–Trinajstić information content (AvgIpc) is 2.33. The van der Waals surface area contributed by atoms with Gasteiger partial charge in [-0.1, -0.05) is 11.6 Å². The van der Waals surface area contributed by atoms with Crippen molar-refractivity contribution in [3.8, 4) is 0 Å². The van der Waals surface area contributed by atoms with Crippen molar-refractivity contribution in [3.63, 3.8) is 0 Å². The lowest BCUT2D eigenvalue weighted by atomic mass is 10.1. The number of benzene rings is 1. The van der Waals surface area contributed by atoms with Gasteiger partial charge in [0.25, 0.3) is 0 Å². The summed E-state index contributed by atoms with van der Waals surface area (Å²) < 4.78 is 13.0. The molecule has 0 saturated carbocycles. The van der Waals surface area contributed by atoms with Gasteiger partial charge in [-0.3, -0.25) is 0 Å². The molecule has 3 nitrogen and oxygen atoms in total. The minimum absolute atomic E-state index is 0.256. The Bertz CT molecular complexity index is 599. The molecular weight excluding hydrogens is 253 g/mol. The summed E-state index contributed by atoms with van der Waals surface area (Å²) in [6, 6.07) is 4.55. The zero-order chi connectivity index (χ0) is 13.3. The van der Waals surface area contributed by atoms with Crippen LogP contribution < -0.4 is 5.32 Å². The molecule has 0 amide bonds. The fourth-order valence-corrected chi connectivity index (χ4v) is 1.77. The lowest BCUT2D eigenvalue weighted by molar-refractivity contribution is 0.627. The van der Waals surface area contributed by atoms with Crippen LogP contribution in [0.15, 0.2) is 18.2 Å². The second-order valence-corrected chi connectivity index (χ2v) is 4.53. The van der Waals surface area contributed by atoms with E-state index in [0.29, 0.717) is 11.0 Å². The van der Waals surface area contributed by atoms with E-state index in [1.165, 1.54) is 12.1 Å². The quantitative estimate of drug-likeness (QED) is 0.894. The van der Waals surface area contributed by atoms with Gasteiger partial charge in [-0.25, -0.2) is 4.39 Å². The van der Waals surface area contributed by atoms with Crippen LogP contribution in [0.2, 0.25) is 5.15 Å². The Kier molecular flexibility index (Phi) is 3.48. The number of hydrogen-bond acceptors (Lipinski definition) is 3. The number of aromatic nitrogens is 2. The summed E-state index contributed by atoms with van der Waals surface area (Å²) in [6.07, 6.45) is 0. The van der Waals surface area contributed by atoms with Gasteiger partial charge in [-0.15, -0.1) is 10.2 Å².